The molecule has 1 N–H and O–H groups in total. The Labute approximate surface area is 169 Å². The van der Waals surface area contributed by atoms with Crippen LogP contribution in [0.25, 0.3) is 0 Å². The van der Waals surface area contributed by atoms with Crippen LogP contribution in [0.4, 0.5) is 5.69 Å². The number of methoxy groups -OCH3 is 1. The molecule has 1 unspecified atom stereocenters. The van der Waals surface area contributed by atoms with E-state index in [1.54, 1.807) is 7.11 Å². The Morgan fingerprint density at radius 3 is 2.82 bits per heavy atom. The summed E-state index contributed by atoms with van der Waals surface area (Å²) in [5, 5.41) is 3.55. The van der Waals surface area contributed by atoms with Crippen molar-refractivity contribution in [3.05, 3.63) is 47.0 Å². The maximum Gasteiger partial charge on any atom is 0.241 e. The Bertz CT molecular complexity index is 856. The SMILES string of the molecule is COc1ccc(NC(=O)C2CCCN2Cc2cc(Cl)c3c(c2)OCCO3)cc1. The summed E-state index contributed by atoms with van der Waals surface area (Å²) in [4.78, 5) is 15.0. The Hall–Kier alpha value is -2.44. The molecular weight excluding hydrogens is 380 g/mol. The standard InChI is InChI=1S/C21H23ClN2O4/c1-26-16-6-4-15(5-7-16)23-21(25)18-3-2-8-24(18)13-14-11-17(22)20-19(12-14)27-9-10-28-20/h4-7,11-12,18H,2-3,8-10,13H2,1H3,(H,23,25). The van der Waals surface area contributed by atoms with Crippen LogP contribution in [0.3, 0.4) is 0 Å². The van der Waals surface area contributed by atoms with E-state index in [1.165, 1.54) is 0 Å². The van der Waals surface area contributed by atoms with Gasteiger partial charge in [-0.15, -0.1) is 0 Å². The van der Waals surface area contributed by atoms with Gasteiger partial charge in [-0.2, -0.15) is 0 Å². The molecule has 2 aromatic rings. The van der Waals surface area contributed by atoms with Crippen LogP contribution in [0.15, 0.2) is 36.4 Å². The molecule has 0 bridgehead atoms. The molecule has 6 nitrogen and oxygen atoms in total. The molecule has 148 valence electrons. The number of nitrogens with one attached hydrogen (secondary N) is 1. The van der Waals surface area contributed by atoms with Gasteiger partial charge < -0.3 is 19.5 Å². The summed E-state index contributed by atoms with van der Waals surface area (Å²) < 4.78 is 16.4. The van der Waals surface area contributed by atoms with Crippen LogP contribution in [0.5, 0.6) is 17.2 Å². The summed E-state index contributed by atoms with van der Waals surface area (Å²) in [6, 6.07) is 11.0. The molecule has 2 aromatic carbocycles. The highest BCUT2D eigenvalue weighted by atomic mass is 35.5. The van der Waals surface area contributed by atoms with E-state index in [0.29, 0.717) is 36.3 Å². The first kappa shape index (κ1) is 18.9. The number of hydrogen-bond donors (Lipinski definition) is 1. The number of carbonyl (C=O) groups excluding carboxylic acids is 1. The highest BCUT2D eigenvalue weighted by Crippen LogP contribution is 2.39. The number of carbonyl (C=O) groups is 1. The van der Waals surface area contributed by atoms with Crippen LogP contribution in [0, 0.1) is 0 Å². The van der Waals surface area contributed by atoms with Crippen molar-refractivity contribution in [1.29, 1.82) is 0 Å². The number of nitrogens with zero attached hydrogens (tertiary/aromatic N) is 1. The van der Waals surface area contributed by atoms with Crippen molar-refractivity contribution in [3.63, 3.8) is 0 Å². The molecular formula is C21H23ClN2O4. The number of halogens is 1. The first-order chi connectivity index (χ1) is 13.6. The minimum absolute atomic E-state index is 0.00584. The molecule has 28 heavy (non-hydrogen) atoms. The molecule has 7 heteroatoms. The molecule has 2 aliphatic heterocycles. The molecule has 0 saturated carbocycles. The van der Waals surface area contributed by atoms with E-state index in [0.717, 1.165) is 36.4 Å². The Balaban J connectivity index is 1.44. The minimum atomic E-state index is -0.172. The van der Waals surface area contributed by atoms with Crippen LogP contribution in [0.2, 0.25) is 5.02 Å². The zero-order valence-corrected chi connectivity index (χ0v) is 16.5. The zero-order valence-electron chi connectivity index (χ0n) is 15.7. The largest absolute Gasteiger partial charge is 0.497 e. The molecule has 0 radical (unpaired) electrons. The second kappa shape index (κ2) is 8.29. The molecule has 1 atom stereocenters. The molecule has 1 saturated heterocycles. The van der Waals surface area contributed by atoms with Gasteiger partial charge in [-0.1, -0.05) is 11.6 Å². The van der Waals surface area contributed by atoms with Crippen LogP contribution in [-0.4, -0.2) is 43.7 Å². The monoisotopic (exact) mass is 402 g/mol. The number of likely N-dealkylation sites (tertiary alicyclic amines) is 1. The lowest BCUT2D eigenvalue weighted by molar-refractivity contribution is -0.120. The third-order valence-corrected chi connectivity index (χ3v) is 5.35. The number of fused-ring (bicyclic) bond motifs is 1. The quantitative estimate of drug-likeness (QED) is 0.825. The van der Waals surface area contributed by atoms with Crippen molar-refractivity contribution in [3.8, 4) is 17.2 Å². The maximum absolute atomic E-state index is 12.8. The van der Waals surface area contributed by atoms with Gasteiger partial charge in [0.25, 0.3) is 0 Å². The van der Waals surface area contributed by atoms with Gasteiger partial charge in [0.2, 0.25) is 5.91 Å². The normalized spacial score (nSPS) is 18.7. The van der Waals surface area contributed by atoms with Crippen LogP contribution in [-0.2, 0) is 11.3 Å². The molecule has 0 aromatic heterocycles. The Morgan fingerprint density at radius 1 is 1.25 bits per heavy atom. The lowest BCUT2D eigenvalue weighted by Gasteiger charge is -2.25. The summed E-state index contributed by atoms with van der Waals surface area (Å²) in [6.07, 6.45) is 1.82. The molecule has 2 aliphatic rings. The molecule has 1 fully saturated rings. The number of anilines is 1. The van der Waals surface area contributed by atoms with Gasteiger partial charge in [-0.05, 0) is 61.3 Å². The molecule has 2 heterocycles. The van der Waals surface area contributed by atoms with Crippen LogP contribution >= 0.6 is 11.6 Å². The third-order valence-electron chi connectivity index (χ3n) is 5.07. The van der Waals surface area contributed by atoms with Gasteiger partial charge >= 0.3 is 0 Å². The number of rotatable bonds is 5. The van der Waals surface area contributed by atoms with Crippen molar-refractivity contribution < 1.29 is 19.0 Å². The molecule has 4 rings (SSSR count). The predicted molar refractivity (Wildman–Crippen MR) is 107 cm³/mol. The maximum atomic E-state index is 12.8. The Morgan fingerprint density at radius 2 is 2.04 bits per heavy atom. The number of hydrogen-bond acceptors (Lipinski definition) is 5. The first-order valence-corrected chi connectivity index (χ1v) is 9.79. The first-order valence-electron chi connectivity index (χ1n) is 9.41. The number of amides is 1. The van der Waals surface area contributed by atoms with Gasteiger partial charge in [0.15, 0.2) is 11.5 Å². The second-order valence-corrected chi connectivity index (χ2v) is 7.36. The topological polar surface area (TPSA) is 60.0 Å². The van der Waals surface area contributed by atoms with E-state index in [2.05, 4.69) is 10.2 Å². The summed E-state index contributed by atoms with van der Waals surface area (Å²) in [6.45, 7) is 2.53. The van der Waals surface area contributed by atoms with Crippen LogP contribution < -0.4 is 19.5 Å². The van der Waals surface area contributed by atoms with Crippen molar-refractivity contribution in [2.24, 2.45) is 0 Å². The van der Waals surface area contributed by atoms with E-state index >= 15 is 0 Å². The summed E-state index contributed by atoms with van der Waals surface area (Å²) in [5.41, 5.74) is 1.78. The fourth-order valence-electron chi connectivity index (χ4n) is 3.70. The van der Waals surface area contributed by atoms with Gasteiger partial charge in [-0.25, -0.2) is 0 Å². The zero-order chi connectivity index (χ0) is 19.5. The minimum Gasteiger partial charge on any atom is -0.497 e. The summed E-state index contributed by atoms with van der Waals surface area (Å²) in [7, 11) is 1.62. The fraction of sp³-hybridized carbons (Fsp3) is 0.381. The highest BCUT2D eigenvalue weighted by molar-refractivity contribution is 6.32. The lowest BCUT2D eigenvalue weighted by atomic mass is 10.1. The Kier molecular flexibility index (Phi) is 5.59. The van der Waals surface area contributed by atoms with Crippen molar-refractivity contribution >= 4 is 23.2 Å². The van der Waals surface area contributed by atoms with Gasteiger partial charge in [0.1, 0.15) is 19.0 Å². The highest BCUT2D eigenvalue weighted by Gasteiger charge is 2.31. The predicted octanol–water partition coefficient (Wildman–Crippen LogP) is 3.72. The van der Waals surface area contributed by atoms with E-state index in [-0.39, 0.29) is 11.9 Å². The summed E-state index contributed by atoms with van der Waals surface area (Å²) >= 11 is 6.35. The third kappa shape index (κ3) is 4.03. The molecule has 1 amide bonds. The van der Waals surface area contributed by atoms with E-state index < -0.39 is 0 Å². The van der Waals surface area contributed by atoms with E-state index in [1.807, 2.05) is 36.4 Å². The molecule has 0 spiro atoms. The average Bonchev–Trinajstić information content (AvgIpc) is 3.17. The second-order valence-electron chi connectivity index (χ2n) is 6.95. The van der Waals surface area contributed by atoms with Crippen molar-refractivity contribution in [2.75, 3.05) is 32.2 Å². The fourth-order valence-corrected chi connectivity index (χ4v) is 3.99. The van der Waals surface area contributed by atoms with Crippen molar-refractivity contribution in [1.82, 2.24) is 4.90 Å². The van der Waals surface area contributed by atoms with E-state index in [9.17, 15) is 4.79 Å². The van der Waals surface area contributed by atoms with Gasteiger partial charge in [0.05, 0.1) is 18.2 Å². The van der Waals surface area contributed by atoms with Crippen molar-refractivity contribution in [2.45, 2.75) is 25.4 Å². The smallest absolute Gasteiger partial charge is 0.241 e. The van der Waals surface area contributed by atoms with Gasteiger partial charge in [-0.3, -0.25) is 9.69 Å². The number of ether oxygens (including phenoxy) is 3. The average molecular weight is 403 g/mol. The van der Waals surface area contributed by atoms with Crippen LogP contribution in [0.1, 0.15) is 18.4 Å². The van der Waals surface area contributed by atoms with E-state index in [4.69, 9.17) is 25.8 Å². The van der Waals surface area contributed by atoms with Gasteiger partial charge in [0, 0.05) is 12.2 Å². The number of benzene rings is 2. The molecule has 0 aliphatic carbocycles. The lowest BCUT2D eigenvalue weighted by Crippen LogP contribution is -2.39. The summed E-state index contributed by atoms with van der Waals surface area (Å²) in [5.74, 6) is 2.04.